The van der Waals surface area contributed by atoms with E-state index in [2.05, 4.69) is 15.5 Å². The summed E-state index contributed by atoms with van der Waals surface area (Å²) >= 11 is 8.82. The molecule has 8 nitrogen and oxygen atoms in total. The van der Waals surface area contributed by atoms with Gasteiger partial charge in [0.2, 0.25) is 5.91 Å². The van der Waals surface area contributed by atoms with E-state index in [0.29, 0.717) is 38.9 Å². The van der Waals surface area contributed by atoms with Crippen molar-refractivity contribution in [1.29, 1.82) is 0 Å². The highest BCUT2D eigenvalue weighted by atomic mass is 35.5. The highest BCUT2D eigenvalue weighted by Crippen LogP contribution is 2.39. The number of thiophene rings is 1. The lowest BCUT2D eigenvalue weighted by Gasteiger charge is -2.10. The van der Waals surface area contributed by atoms with E-state index >= 15 is 0 Å². The zero-order valence-corrected chi connectivity index (χ0v) is 21.5. The van der Waals surface area contributed by atoms with Crippen molar-refractivity contribution in [1.82, 2.24) is 14.8 Å². The molecule has 2 aromatic heterocycles. The van der Waals surface area contributed by atoms with Gasteiger partial charge < -0.3 is 19.4 Å². The Morgan fingerprint density at radius 2 is 2.12 bits per heavy atom. The molecule has 1 amide bonds. The first-order valence-electron chi connectivity index (χ1n) is 10.9. The summed E-state index contributed by atoms with van der Waals surface area (Å²) in [4.78, 5) is 26.1. The van der Waals surface area contributed by atoms with Crippen LogP contribution < -0.4 is 10.1 Å². The fraction of sp³-hybridized carbons (Fsp3) is 0.391. The minimum absolute atomic E-state index is 0.137. The number of rotatable bonds is 9. The predicted molar refractivity (Wildman–Crippen MR) is 133 cm³/mol. The molecule has 0 bridgehead atoms. The summed E-state index contributed by atoms with van der Waals surface area (Å²) in [5.41, 5.74) is 2.43. The number of methoxy groups -OCH3 is 1. The standard InChI is InChI=1S/C23H25ClN4O4S2/c1-4-28-18(11-32-14-8-9-16(24)13(2)10-14)26-27-23(28)33-12-19(29)25-21-20(22(30)31-3)15-6-5-7-17(15)34-21/h8-10H,4-7,11-12H2,1-3H3,(H,25,29). The number of nitrogens with zero attached hydrogens (tertiary/aromatic N) is 3. The second-order valence-electron chi connectivity index (χ2n) is 7.73. The number of halogens is 1. The lowest BCUT2D eigenvalue weighted by molar-refractivity contribution is -0.113. The van der Waals surface area contributed by atoms with Crippen molar-refractivity contribution >= 4 is 51.6 Å². The number of ether oxygens (including phenoxy) is 2. The molecule has 2 heterocycles. The van der Waals surface area contributed by atoms with Gasteiger partial charge in [0.15, 0.2) is 11.0 Å². The Labute approximate surface area is 211 Å². The first-order valence-corrected chi connectivity index (χ1v) is 13.1. The number of nitrogens with one attached hydrogen (secondary N) is 1. The largest absolute Gasteiger partial charge is 0.486 e. The Bertz CT molecular complexity index is 1220. The third kappa shape index (κ3) is 5.24. The van der Waals surface area contributed by atoms with Gasteiger partial charge in [0.25, 0.3) is 0 Å². The fourth-order valence-electron chi connectivity index (χ4n) is 3.81. The number of esters is 1. The first kappa shape index (κ1) is 24.6. The molecule has 0 fully saturated rings. The average Bonchev–Trinajstić information content (AvgIpc) is 3.52. The zero-order chi connectivity index (χ0) is 24.2. The molecule has 1 aliphatic rings. The summed E-state index contributed by atoms with van der Waals surface area (Å²) in [5.74, 6) is 0.883. The maximum atomic E-state index is 12.7. The summed E-state index contributed by atoms with van der Waals surface area (Å²) in [6.07, 6.45) is 2.78. The van der Waals surface area contributed by atoms with Crippen LogP contribution >= 0.6 is 34.7 Å². The number of aromatic nitrogens is 3. The average molecular weight is 521 g/mol. The Morgan fingerprint density at radius 1 is 1.29 bits per heavy atom. The van der Waals surface area contributed by atoms with Crippen molar-refractivity contribution in [3.8, 4) is 5.75 Å². The van der Waals surface area contributed by atoms with Crippen molar-refractivity contribution in [2.75, 3.05) is 18.2 Å². The van der Waals surface area contributed by atoms with Gasteiger partial charge in [-0.15, -0.1) is 21.5 Å². The summed E-state index contributed by atoms with van der Waals surface area (Å²) in [6.45, 7) is 4.79. The molecule has 0 saturated carbocycles. The van der Waals surface area contributed by atoms with Crippen LogP contribution in [0.1, 0.15) is 45.5 Å². The molecule has 0 aliphatic heterocycles. The quantitative estimate of drug-likeness (QED) is 0.316. The topological polar surface area (TPSA) is 95.3 Å². The molecule has 4 rings (SSSR count). The van der Waals surface area contributed by atoms with Crippen LogP contribution in [0.25, 0.3) is 0 Å². The third-order valence-electron chi connectivity index (χ3n) is 5.50. The normalized spacial score (nSPS) is 12.5. The van der Waals surface area contributed by atoms with Crippen molar-refractivity contribution in [2.45, 2.75) is 51.4 Å². The highest BCUT2D eigenvalue weighted by molar-refractivity contribution is 7.99. The van der Waals surface area contributed by atoms with Crippen LogP contribution in [0.3, 0.4) is 0 Å². The number of benzene rings is 1. The molecule has 34 heavy (non-hydrogen) atoms. The number of hydrogen-bond acceptors (Lipinski definition) is 8. The molecule has 11 heteroatoms. The predicted octanol–water partition coefficient (Wildman–Crippen LogP) is 4.91. The number of anilines is 1. The van der Waals surface area contributed by atoms with Crippen LogP contribution in [0.2, 0.25) is 5.02 Å². The highest BCUT2D eigenvalue weighted by Gasteiger charge is 2.28. The van der Waals surface area contributed by atoms with Gasteiger partial charge in [-0.1, -0.05) is 23.4 Å². The van der Waals surface area contributed by atoms with E-state index in [0.717, 1.165) is 35.3 Å². The summed E-state index contributed by atoms with van der Waals surface area (Å²) in [7, 11) is 1.36. The minimum atomic E-state index is -0.409. The minimum Gasteiger partial charge on any atom is -0.486 e. The van der Waals surface area contributed by atoms with Crippen LogP contribution in [-0.4, -0.2) is 39.5 Å². The monoisotopic (exact) mass is 520 g/mol. The van der Waals surface area contributed by atoms with E-state index in [1.54, 1.807) is 6.07 Å². The van der Waals surface area contributed by atoms with Crippen LogP contribution in [0.15, 0.2) is 23.4 Å². The van der Waals surface area contributed by atoms with Gasteiger partial charge in [-0.2, -0.15) is 0 Å². The number of hydrogen-bond donors (Lipinski definition) is 1. The molecule has 1 aromatic carbocycles. The second-order valence-corrected chi connectivity index (χ2v) is 10.2. The van der Waals surface area contributed by atoms with Gasteiger partial charge in [0.1, 0.15) is 17.4 Å². The lowest BCUT2D eigenvalue weighted by atomic mass is 10.1. The van der Waals surface area contributed by atoms with Gasteiger partial charge in [-0.05, 0) is 62.4 Å². The smallest absolute Gasteiger partial charge is 0.341 e. The van der Waals surface area contributed by atoms with Crippen LogP contribution in [0, 0.1) is 6.92 Å². The van der Waals surface area contributed by atoms with Crippen molar-refractivity contribution in [2.24, 2.45) is 0 Å². The maximum Gasteiger partial charge on any atom is 0.341 e. The summed E-state index contributed by atoms with van der Waals surface area (Å²) in [5, 5.41) is 13.2. The molecule has 0 radical (unpaired) electrons. The van der Waals surface area contributed by atoms with Crippen LogP contribution in [0.5, 0.6) is 5.75 Å². The van der Waals surface area contributed by atoms with Gasteiger partial charge in [-0.25, -0.2) is 4.79 Å². The number of thioether (sulfide) groups is 1. The van der Waals surface area contributed by atoms with Crippen molar-refractivity contribution in [3.63, 3.8) is 0 Å². The van der Waals surface area contributed by atoms with Gasteiger partial charge in [0, 0.05) is 16.4 Å². The third-order valence-corrected chi connectivity index (χ3v) is 8.10. The first-order chi connectivity index (χ1) is 16.4. The Kier molecular flexibility index (Phi) is 7.80. The molecular weight excluding hydrogens is 496 g/mol. The molecule has 1 aliphatic carbocycles. The van der Waals surface area contributed by atoms with Crippen LogP contribution in [-0.2, 0) is 35.5 Å². The molecule has 0 saturated heterocycles. The molecule has 0 unspecified atom stereocenters. The van der Waals surface area contributed by atoms with E-state index in [1.807, 2.05) is 30.5 Å². The number of amides is 1. The van der Waals surface area contributed by atoms with E-state index < -0.39 is 5.97 Å². The Hall–Kier alpha value is -2.56. The number of aryl methyl sites for hydroxylation is 2. The molecule has 0 atom stereocenters. The SMILES string of the molecule is CCn1c(COc2ccc(Cl)c(C)c2)nnc1SCC(=O)Nc1sc2c(c1C(=O)OC)CCC2. The molecule has 0 spiro atoms. The zero-order valence-electron chi connectivity index (χ0n) is 19.1. The molecule has 180 valence electrons. The molecule has 3 aromatic rings. The van der Waals surface area contributed by atoms with E-state index in [1.165, 1.54) is 30.2 Å². The number of carbonyl (C=O) groups excluding carboxylic acids is 2. The number of fused-ring (bicyclic) bond motifs is 1. The molecule has 1 N–H and O–H groups in total. The Balaban J connectivity index is 1.38. The Morgan fingerprint density at radius 3 is 2.85 bits per heavy atom. The van der Waals surface area contributed by atoms with Crippen molar-refractivity contribution < 1.29 is 19.1 Å². The van der Waals surface area contributed by atoms with Crippen LogP contribution in [0.4, 0.5) is 5.00 Å². The second kappa shape index (κ2) is 10.8. The van der Waals surface area contributed by atoms with Gasteiger partial charge in [-0.3, -0.25) is 4.79 Å². The number of carbonyl (C=O) groups is 2. The van der Waals surface area contributed by atoms with Gasteiger partial charge >= 0.3 is 5.97 Å². The van der Waals surface area contributed by atoms with E-state index in [9.17, 15) is 9.59 Å². The van der Waals surface area contributed by atoms with E-state index in [-0.39, 0.29) is 18.3 Å². The van der Waals surface area contributed by atoms with E-state index in [4.69, 9.17) is 21.1 Å². The summed E-state index contributed by atoms with van der Waals surface area (Å²) < 4.78 is 12.7. The fourth-order valence-corrected chi connectivity index (χ4v) is 6.04. The summed E-state index contributed by atoms with van der Waals surface area (Å²) in [6, 6.07) is 5.48. The van der Waals surface area contributed by atoms with Gasteiger partial charge in [0.05, 0.1) is 18.4 Å². The lowest BCUT2D eigenvalue weighted by Crippen LogP contribution is -2.17. The molecular formula is C23H25ClN4O4S2. The van der Waals surface area contributed by atoms with Crippen molar-refractivity contribution in [3.05, 3.63) is 50.6 Å². The maximum absolute atomic E-state index is 12.7.